The lowest BCUT2D eigenvalue weighted by molar-refractivity contribution is -0.139. The number of amides is 1. The molecule has 0 aliphatic carbocycles. The van der Waals surface area contributed by atoms with E-state index in [2.05, 4.69) is 14.9 Å². The van der Waals surface area contributed by atoms with Crippen LogP contribution in [0.1, 0.15) is 25.3 Å². The molecular formula is C21H24F3N3O3S. The number of para-hydroxylation sites is 1. The van der Waals surface area contributed by atoms with Crippen molar-refractivity contribution in [1.29, 1.82) is 0 Å². The van der Waals surface area contributed by atoms with Crippen LogP contribution >= 0.6 is 0 Å². The standard InChI is InChI=1S/C21H24F3N3O3S/c1-15(26-31(29,30)19-10-6-5-9-18(19)21(22,23)24)20(28)25-16-11-13-27(14-12-16)17-7-3-2-4-8-17/h2-10,15-16,26H,11-14H2,1H3,(H,25,28)/t15-/m0/s1. The van der Waals surface area contributed by atoms with Gasteiger partial charge in [-0.15, -0.1) is 0 Å². The first kappa shape index (κ1) is 23.1. The molecule has 1 aliphatic rings. The zero-order valence-electron chi connectivity index (χ0n) is 16.9. The van der Waals surface area contributed by atoms with E-state index in [-0.39, 0.29) is 6.04 Å². The number of sulfonamides is 1. The third-order valence-corrected chi connectivity index (χ3v) is 6.77. The summed E-state index contributed by atoms with van der Waals surface area (Å²) in [6.45, 7) is 2.77. The predicted octanol–water partition coefficient (Wildman–Crippen LogP) is 3.16. The van der Waals surface area contributed by atoms with Crippen molar-refractivity contribution in [3.05, 3.63) is 60.2 Å². The van der Waals surface area contributed by atoms with Crippen LogP contribution in [0.15, 0.2) is 59.5 Å². The SMILES string of the molecule is C[C@H](NS(=O)(=O)c1ccccc1C(F)(F)F)C(=O)NC1CCN(c2ccccc2)CC1. The average molecular weight is 456 g/mol. The van der Waals surface area contributed by atoms with E-state index in [9.17, 15) is 26.4 Å². The van der Waals surface area contributed by atoms with Crippen molar-refractivity contribution in [3.63, 3.8) is 0 Å². The third-order valence-electron chi connectivity index (χ3n) is 5.17. The van der Waals surface area contributed by atoms with Gasteiger partial charge in [0.15, 0.2) is 0 Å². The molecule has 3 rings (SSSR count). The minimum atomic E-state index is -4.83. The molecule has 2 aromatic carbocycles. The summed E-state index contributed by atoms with van der Waals surface area (Å²) in [6, 6.07) is 12.4. The minimum Gasteiger partial charge on any atom is -0.371 e. The number of halogens is 3. The molecule has 0 unspecified atom stereocenters. The first-order valence-corrected chi connectivity index (χ1v) is 11.3. The molecule has 6 nitrogen and oxygen atoms in total. The van der Waals surface area contributed by atoms with Crippen molar-refractivity contribution >= 4 is 21.6 Å². The highest BCUT2D eigenvalue weighted by molar-refractivity contribution is 7.89. The number of anilines is 1. The van der Waals surface area contributed by atoms with Crippen LogP contribution in [0.25, 0.3) is 0 Å². The highest BCUT2D eigenvalue weighted by Gasteiger charge is 2.37. The van der Waals surface area contributed by atoms with E-state index in [1.165, 1.54) is 13.0 Å². The van der Waals surface area contributed by atoms with Crippen LogP contribution in [0.4, 0.5) is 18.9 Å². The molecule has 1 fully saturated rings. The molecule has 168 valence electrons. The summed E-state index contributed by atoms with van der Waals surface area (Å²) in [4.78, 5) is 13.8. The van der Waals surface area contributed by atoms with E-state index in [1.807, 2.05) is 30.3 Å². The Labute approximate surface area is 179 Å². The maximum Gasteiger partial charge on any atom is 0.417 e. The molecule has 0 bridgehead atoms. The number of benzene rings is 2. The number of carbonyl (C=O) groups excluding carboxylic acids is 1. The van der Waals surface area contributed by atoms with Gasteiger partial charge in [0.05, 0.1) is 16.5 Å². The lowest BCUT2D eigenvalue weighted by Crippen LogP contribution is -2.51. The van der Waals surface area contributed by atoms with Gasteiger partial charge in [0, 0.05) is 24.8 Å². The molecule has 0 radical (unpaired) electrons. The second-order valence-corrected chi connectivity index (χ2v) is 9.12. The number of nitrogens with zero attached hydrogens (tertiary/aromatic N) is 1. The third kappa shape index (κ3) is 5.76. The quantitative estimate of drug-likeness (QED) is 0.702. The first-order chi connectivity index (χ1) is 14.6. The molecule has 2 aromatic rings. The van der Waals surface area contributed by atoms with Gasteiger partial charge in [-0.1, -0.05) is 30.3 Å². The topological polar surface area (TPSA) is 78.5 Å². The fourth-order valence-electron chi connectivity index (χ4n) is 3.53. The van der Waals surface area contributed by atoms with Gasteiger partial charge >= 0.3 is 6.18 Å². The smallest absolute Gasteiger partial charge is 0.371 e. The van der Waals surface area contributed by atoms with Gasteiger partial charge in [-0.05, 0) is 44.0 Å². The minimum absolute atomic E-state index is 0.137. The van der Waals surface area contributed by atoms with Crippen molar-refractivity contribution in [2.24, 2.45) is 0 Å². The number of hydrogen-bond donors (Lipinski definition) is 2. The van der Waals surface area contributed by atoms with Crippen LogP contribution in [0.2, 0.25) is 0 Å². The normalized spacial score (nSPS) is 16.7. The lowest BCUT2D eigenvalue weighted by Gasteiger charge is -2.34. The molecular weight excluding hydrogens is 431 g/mol. The largest absolute Gasteiger partial charge is 0.417 e. The van der Waals surface area contributed by atoms with Crippen molar-refractivity contribution < 1.29 is 26.4 Å². The average Bonchev–Trinajstić information content (AvgIpc) is 2.74. The molecule has 0 spiro atoms. The van der Waals surface area contributed by atoms with Gasteiger partial charge in [-0.25, -0.2) is 8.42 Å². The van der Waals surface area contributed by atoms with E-state index in [0.717, 1.165) is 30.9 Å². The zero-order valence-corrected chi connectivity index (χ0v) is 17.7. The van der Waals surface area contributed by atoms with Crippen LogP contribution in [0.3, 0.4) is 0 Å². The fraction of sp³-hybridized carbons (Fsp3) is 0.381. The van der Waals surface area contributed by atoms with Gasteiger partial charge in [-0.3, -0.25) is 4.79 Å². The van der Waals surface area contributed by atoms with Gasteiger partial charge in [0.25, 0.3) is 0 Å². The van der Waals surface area contributed by atoms with Crippen LogP contribution in [-0.2, 0) is 21.0 Å². The number of alkyl halides is 3. The number of piperidine rings is 1. The Morgan fingerprint density at radius 1 is 1.03 bits per heavy atom. The van der Waals surface area contributed by atoms with E-state index in [1.54, 1.807) is 0 Å². The zero-order chi connectivity index (χ0) is 22.6. The molecule has 0 saturated carbocycles. The number of rotatable bonds is 6. The fourth-order valence-corrected chi connectivity index (χ4v) is 4.96. The lowest BCUT2D eigenvalue weighted by atomic mass is 10.0. The van der Waals surface area contributed by atoms with Crippen LogP contribution in [-0.4, -0.2) is 39.5 Å². The van der Waals surface area contributed by atoms with E-state index in [4.69, 9.17) is 0 Å². The maximum absolute atomic E-state index is 13.2. The summed E-state index contributed by atoms with van der Waals surface area (Å²) in [6.07, 6.45) is -3.47. The molecule has 31 heavy (non-hydrogen) atoms. The van der Waals surface area contributed by atoms with E-state index in [0.29, 0.717) is 18.9 Å². The Morgan fingerprint density at radius 2 is 1.61 bits per heavy atom. The molecule has 1 heterocycles. The molecule has 0 aromatic heterocycles. The molecule has 1 atom stereocenters. The number of hydrogen-bond acceptors (Lipinski definition) is 4. The molecule has 1 amide bonds. The van der Waals surface area contributed by atoms with Crippen LogP contribution < -0.4 is 14.9 Å². The maximum atomic E-state index is 13.2. The number of nitrogens with one attached hydrogen (secondary N) is 2. The predicted molar refractivity (Wildman–Crippen MR) is 111 cm³/mol. The van der Waals surface area contributed by atoms with Crippen molar-refractivity contribution in [2.45, 2.75) is 42.9 Å². The summed E-state index contributed by atoms with van der Waals surface area (Å²) in [5.74, 6) is -0.578. The Morgan fingerprint density at radius 3 is 2.23 bits per heavy atom. The van der Waals surface area contributed by atoms with Crippen molar-refractivity contribution in [2.75, 3.05) is 18.0 Å². The highest BCUT2D eigenvalue weighted by Crippen LogP contribution is 2.33. The Bertz CT molecular complexity index is 1010. The second-order valence-electron chi connectivity index (χ2n) is 7.44. The summed E-state index contributed by atoms with van der Waals surface area (Å²) in [7, 11) is -4.54. The van der Waals surface area contributed by atoms with Crippen molar-refractivity contribution in [3.8, 4) is 0 Å². The Balaban J connectivity index is 1.59. The van der Waals surface area contributed by atoms with Gasteiger partial charge in [0.1, 0.15) is 0 Å². The monoisotopic (exact) mass is 455 g/mol. The first-order valence-electron chi connectivity index (χ1n) is 9.87. The van der Waals surface area contributed by atoms with E-state index >= 15 is 0 Å². The summed E-state index contributed by atoms with van der Waals surface area (Å²) < 4.78 is 66.6. The molecule has 10 heteroatoms. The molecule has 1 saturated heterocycles. The number of carbonyl (C=O) groups is 1. The summed E-state index contributed by atoms with van der Waals surface area (Å²) in [5.41, 5.74) is -0.180. The van der Waals surface area contributed by atoms with Crippen LogP contribution in [0, 0.1) is 0 Å². The van der Waals surface area contributed by atoms with E-state index < -0.39 is 38.6 Å². The summed E-state index contributed by atoms with van der Waals surface area (Å²) >= 11 is 0. The van der Waals surface area contributed by atoms with Gasteiger partial charge in [-0.2, -0.15) is 17.9 Å². The van der Waals surface area contributed by atoms with Gasteiger partial charge in [0.2, 0.25) is 15.9 Å². The van der Waals surface area contributed by atoms with Gasteiger partial charge < -0.3 is 10.2 Å². The Hall–Kier alpha value is -2.59. The summed E-state index contributed by atoms with van der Waals surface area (Å²) in [5, 5.41) is 2.79. The van der Waals surface area contributed by atoms with Crippen molar-refractivity contribution in [1.82, 2.24) is 10.0 Å². The van der Waals surface area contributed by atoms with Crippen LogP contribution in [0.5, 0.6) is 0 Å². The second kappa shape index (κ2) is 9.27. The highest BCUT2D eigenvalue weighted by atomic mass is 32.2. The molecule has 1 aliphatic heterocycles. The molecule has 2 N–H and O–H groups in total. The Kier molecular flexibility index (Phi) is 6.90.